The van der Waals surface area contributed by atoms with Crippen molar-refractivity contribution in [2.45, 2.75) is 19.4 Å². The van der Waals surface area contributed by atoms with Gasteiger partial charge in [-0.15, -0.1) is 0 Å². The average Bonchev–Trinajstić information content (AvgIpc) is 2.50. The highest BCUT2D eigenvalue weighted by Crippen LogP contribution is 2.22. The number of aromatic carboxylic acids is 1. The number of hydrogen-bond donors (Lipinski definition) is 2. The number of rotatable bonds is 2. The highest BCUT2D eigenvalue weighted by atomic mass is 16.4. The first-order valence-corrected chi connectivity index (χ1v) is 6.43. The lowest BCUT2D eigenvalue weighted by Crippen LogP contribution is -2.38. The van der Waals surface area contributed by atoms with Crippen molar-refractivity contribution >= 4 is 17.5 Å². The number of anilines is 2. The molecule has 19 heavy (non-hydrogen) atoms. The summed E-state index contributed by atoms with van der Waals surface area (Å²) in [6.45, 7) is 4.98. The van der Waals surface area contributed by atoms with Gasteiger partial charge in [0.25, 0.3) is 0 Å². The molecule has 0 bridgehead atoms. The van der Waals surface area contributed by atoms with E-state index in [2.05, 4.69) is 28.8 Å². The Labute approximate surface area is 112 Å². The summed E-state index contributed by atoms with van der Waals surface area (Å²) in [5.41, 5.74) is 5.96. The summed E-state index contributed by atoms with van der Waals surface area (Å²) in [6, 6.07) is 1.87. The van der Waals surface area contributed by atoms with Crippen molar-refractivity contribution in [2.75, 3.05) is 37.3 Å². The molecule has 0 saturated carbocycles. The molecule has 2 rings (SSSR count). The lowest BCUT2D eigenvalue weighted by molar-refractivity contribution is 0.0698. The number of carboxylic acid groups (broad SMARTS) is 1. The molecule has 0 aromatic carbocycles. The minimum absolute atomic E-state index is 0.120. The molecule has 1 aromatic heterocycles. The third-order valence-corrected chi connectivity index (χ3v) is 3.49. The van der Waals surface area contributed by atoms with E-state index in [1.165, 1.54) is 6.20 Å². The Bertz CT molecular complexity index is 478. The highest BCUT2D eigenvalue weighted by Gasteiger charge is 2.22. The maximum Gasteiger partial charge on any atom is 0.337 e. The summed E-state index contributed by atoms with van der Waals surface area (Å²) in [6.07, 6.45) is 2.47. The van der Waals surface area contributed by atoms with Gasteiger partial charge in [-0.1, -0.05) is 0 Å². The molecule has 104 valence electrons. The van der Waals surface area contributed by atoms with Crippen LogP contribution < -0.4 is 10.6 Å². The summed E-state index contributed by atoms with van der Waals surface area (Å²) in [5, 5.41) is 9.12. The van der Waals surface area contributed by atoms with Crippen LogP contribution in [0.5, 0.6) is 0 Å². The number of nitrogen functional groups attached to an aromatic ring is 1. The fourth-order valence-corrected chi connectivity index (χ4v) is 2.51. The monoisotopic (exact) mass is 264 g/mol. The standard InChI is InChI=1S/C13H20N4O2/c1-9-8-16(2)4-3-5-17(9)12-6-10(13(18)19)11(14)7-15-12/h6-7,9H,3-5,8,14H2,1-2H3,(H,18,19). The molecule has 0 aliphatic carbocycles. The number of carboxylic acids is 1. The van der Waals surface area contributed by atoms with Gasteiger partial charge in [0.05, 0.1) is 17.4 Å². The number of hydrogen-bond acceptors (Lipinski definition) is 5. The molecule has 2 heterocycles. The smallest absolute Gasteiger partial charge is 0.337 e. The van der Waals surface area contributed by atoms with Crippen molar-refractivity contribution in [1.82, 2.24) is 9.88 Å². The largest absolute Gasteiger partial charge is 0.478 e. The van der Waals surface area contributed by atoms with E-state index in [0.29, 0.717) is 11.9 Å². The second-order valence-corrected chi connectivity index (χ2v) is 5.09. The van der Waals surface area contributed by atoms with E-state index >= 15 is 0 Å². The molecule has 3 N–H and O–H groups in total. The van der Waals surface area contributed by atoms with E-state index in [0.717, 1.165) is 26.1 Å². The summed E-state index contributed by atoms with van der Waals surface area (Å²) < 4.78 is 0. The zero-order chi connectivity index (χ0) is 14.0. The zero-order valence-electron chi connectivity index (χ0n) is 11.3. The zero-order valence-corrected chi connectivity index (χ0v) is 11.3. The molecule has 0 amide bonds. The van der Waals surface area contributed by atoms with Gasteiger partial charge in [0.1, 0.15) is 5.82 Å². The van der Waals surface area contributed by atoms with E-state index in [1.54, 1.807) is 6.07 Å². The summed E-state index contributed by atoms with van der Waals surface area (Å²) in [5.74, 6) is -0.324. The van der Waals surface area contributed by atoms with Crippen LogP contribution in [0.1, 0.15) is 23.7 Å². The van der Waals surface area contributed by atoms with E-state index in [4.69, 9.17) is 10.8 Å². The van der Waals surface area contributed by atoms with E-state index in [9.17, 15) is 4.79 Å². The van der Waals surface area contributed by atoms with Crippen molar-refractivity contribution in [2.24, 2.45) is 0 Å². The van der Waals surface area contributed by atoms with Gasteiger partial charge in [-0.2, -0.15) is 0 Å². The molecule has 1 atom stereocenters. The van der Waals surface area contributed by atoms with Crippen molar-refractivity contribution in [3.05, 3.63) is 17.8 Å². The number of nitrogens with two attached hydrogens (primary N) is 1. The van der Waals surface area contributed by atoms with E-state index in [1.807, 2.05) is 0 Å². The van der Waals surface area contributed by atoms with Crippen LogP contribution in [0.15, 0.2) is 12.3 Å². The normalized spacial score (nSPS) is 21.2. The summed E-state index contributed by atoms with van der Waals surface area (Å²) in [7, 11) is 2.10. The minimum Gasteiger partial charge on any atom is -0.478 e. The Balaban J connectivity index is 2.30. The van der Waals surface area contributed by atoms with Gasteiger partial charge < -0.3 is 20.6 Å². The maximum absolute atomic E-state index is 11.1. The van der Waals surface area contributed by atoms with Crippen LogP contribution in [-0.2, 0) is 0 Å². The number of likely N-dealkylation sites (N-methyl/N-ethyl adjacent to an activating group) is 1. The van der Waals surface area contributed by atoms with Crippen LogP contribution in [0.2, 0.25) is 0 Å². The van der Waals surface area contributed by atoms with Crippen LogP contribution >= 0.6 is 0 Å². The van der Waals surface area contributed by atoms with Gasteiger partial charge >= 0.3 is 5.97 Å². The fraction of sp³-hybridized carbons (Fsp3) is 0.538. The Morgan fingerprint density at radius 2 is 2.26 bits per heavy atom. The second kappa shape index (κ2) is 5.44. The van der Waals surface area contributed by atoms with Crippen LogP contribution in [0.25, 0.3) is 0 Å². The number of carbonyl (C=O) groups is 1. The molecule has 6 heteroatoms. The number of nitrogens with zero attached hydrogens (tertiary/aromatic N) is 3. The lowest BCUT2D eigenvalue weighted by atomic mass is 10.2. The maximum atomic E-state index is 11.1. The van der Waals surface area contributed by atoms with Crippen LogP contribution in [0.3, 0.4) is 0 Å². The van der Waals surface area contributed by atoms with Crippen LogP contribution in [-0.4, -0.2) is 53.7 Å². The first-order valence-electron chi connectivity index (χ1n) is 6.43. The van der Waals surface area contributed by atoms with Gasteiger partial charge in [-0.05, 0) is 33.0 Å². The molecule has 0 radical (unpaired) electrons. The van der Waals surface area contributed by atoms with Gasteiger partial charge in [-0.3, -0.25) is 0 Å². The predicted molar refractivity (Wildman–Crippen MR) is 74.5 cm³/mol. The number of pyridine rings is 1. The van der Waals surface area contributed by atoms with E-state index < -0.39 is 5.97 Å². The van der Waals surface area contributed by atoms with Crippen molar-refractivity contribution in [1.29, 1.82) is 0 Å². The van der Waals surface area contributed by atoms with Gasteiger partial charge in [-0.25, -0.2) is 9.78 Å². The minimum atomic E-state index is -1.01. The molecular weight excluding hydrogens is 244 g/mol. The second-order valence-electron chi connectivity index (χ2n) is 5.09. The lowest BCUT2D eigenvalue weighted by Gasteiger charge is -2.29. The van der Waals surface area contributed by atoms with Crippen molar-refractivity contribution in [3.63, 3.8) is 0 Å². The molecule has 6 nitrogen and oxygen atoms in total. The third-order valence-electron chi connectivity index (χ3n) is 3.49. The number of aromatic nitrogens is 1. The molecule has 1 saturated heterocycles. The molecular formula is C13H20N4O2. The third kappa shape index (κ3) is 2.96. The van der Waals surface area contributed by atoms with Crippen LogP contribution in [0.4, 0.5) is 11.5 Å². The van der Waals surface area contributed by atoms with Crippen LogP contribution in [0, 0.1) is 0 Å². The highest BCUT2D eigenvalue weighted by molar-refractivity contribution is 5.94. The van der Waals surface area contributed by atoms with Gasteiger partial charge in [0.2, 0.25) is 0 Å². The molecule has 1 aliphatic heterocycles. The Hall–Kier alpha value is -1.82. The first-order chi connectivity index (χ1) is 8.99. The topological polar surface area (TPSA) is 82.7 Å². The molecule has 1 aliphatic rings. The average molecular weight is 264 g/mol. The van der Waals surface area contributed by atoms with Crippen molar-refractivity contribution < 1.29 is 9.90 Å². The first kappa shape index (κ1) is 13.6. The molecule has 1 fully saturated rings. The predicted octanol–water partition coefficient (Wildman–Crippen LogP) is 0.892. The quantitative estimate of drug-likeness (QED) is 0.825. The molecule has 1 unspecified atom stereocenters. The molecule has 0 spiro atoms. The Morgan fingerprint density at radius 3 is 2.95 bits per heavy atom. The van der Waals surface area contributed by atoms with E-state index in [-0.39, 0.29) is 11.3 Å². The SMILES string of the molecule is CC1CN(C)CCCN1c1cc(C(=O)O)c(N)cn1. The van der Waals surface area contributed by atoms with Crippen molar-refractivity contribution in [3.8, 4) is 0 Å². The summed E-state index contributed by atoms with van der Waals surface area (Å²) in [4.78, 5) is 19.8. The fourth-order valence-electron chi connectivity index (χ4n) is 2.51. The van der Waals surface area contributed by atoms with Gasteiger partial charge in [0, 0.05) is 19.1 Å². The Morgan fingerprint density at radius 1 is 1.53 bits per heavy atom. The molecule has 1 aromatic rings. The summed E-state index contributed by atoms with van der Waals surface area (Å²) >= 11 is 0. The van der Waals surface area contributed by atoms with Gasteiger partial charge in [0.15, 0.2) is 0 Å². The Kier molecular flexibility index (Phi) is 3.90.